The molecular formula is C19H26ClN3O4. The molecule has 2 heterocycles. The van der Waals surface area contributed by atoms with Crippen molar-refractivity contribution in [3.63, 3.8) is 0 Å². The standard InChI is InChI=1S/C19H25N3O4.ClH/c20-12-17(23)21-10-4-8-15(21)18(24)22-11-5-9-16(22)19(25)26-13-14-6-2-1-3-7-14;/h1-3,6-7,15-16H,4-5,8-13,20H2;1H/t15-,16-;/m0./s1. The van der Waals surface area contributed by atoms with Gasteiger partial charge in [0.05, 0.1) is 6.54 Å². The minimum absolute atomic E-state index is 0. The highest BCUT2D eigenvalue weighted by atomic mass is 35.5. The number of hydrogen-bond acceptors (Lipinski definition) is 5. The fourth-order valence-corrected chi connectivity index (χ4v) is 3.73. The zero-order valence-electron chi connectivity index (χ0n) is 15.2. The minimum atomic E-state index is -0.568. The summed E-state index contributed by atoms with van der Waals surface area (Å²) in [6.45, 7) is 1.15. The Hall–Kier alpha value is -2.12. The van der Waals surface area contributed by atoms with Crippen LogP contribution in [-0.2, 0) is 25.7 Å². The molecule has 0 aliphatic carbocycles. The van der Waals surface area contributed by atoms with Gasteiger partial charge in [-0.15, -0.1) is 12.4 Å². The number of benzene rings is 1. The van der Waals surface area contributed by atoms with Crippen LogP contribution in [0.25, 0.3) is 0 Å². The van der Waals surface area contributed by atoms with Gasteiger partial charge in [-0.1, -0.05) is 30.3 Å². The fraction of sp³-hybridized carbons (Fsp3) is 0.526. The number of nitrogens with two attached hydrogens (primary N) is 1. The van der Waals surface area contributed by atoms with Gasteiger partial charge in [0.25, 0.3) is 0 Å². The van der Waals surface area contributed by atoms with Crippen LogP contribution in [0, 0.1) is 0 Å². The second-order valence-electron chi connectivity index (χ2n) is 6.73. The largest absolute Gasteiger partial charge is 0.459 e. The number of amides is 2. The molecule has 2 saturated heterocycles. The lowest BCUT2D eigenvalue weighted by atomic mass is 10.1. The van der Waals surface area contributed by atoms with Gasteiger partial charge in [-0.05, 0) is 31.2 Å². The van der Waals surface area contributed by atoms with Crippen LogP contribution in [0.15, 0.2) is 30.3 Å². The highest BCUT2D eigenvalue weighted by Gasteiger charge is 2.42. The van der Waals surface area contributed by atoms with E-state index in [9.17, 15) is 14.4 Å². The maximum atomic E-state index is 13.0. The molecule has 0 spiro atoms. The summed E-state index contributed by atoms with van der Waals surface area (Å²) in [5.41, 5.74) is 6.36. The van der Waals surface area contributed by atoms with Gasteiger partial charge in [-0.3, -0.25) is 9.59 Å². The van der Waals surface area contributed by atoms with Crippen molar-refractivity contribution in [3.8, 4) is 0 Å². The minimum Gasteiger partial charge on any atom is -0.459 e. The van der Waals surface area contributed by atoms with E-state index >= 15 is 0 Å². The van der Waals surface area contributed by atoms with Gasteiger partial charge in [0.1, 0.15) is 18.7 Å². The molecule has 2 aliphatic rings. The molecule has 0 aromatic heterocycles. The smallest absolute Gasteiger partial charge is 0.329 e. The molecule has 1 aromatic rings. The van der Waals surface area contributed by atoms with E-state index in [1.165, 1.54) is 0 Å². The average molecular weight is 396 g/mol. The van der Waals surface area contributed by atoms with E-state index in [4.69, 9.17) is 10.5 Å². The first kappa shape index (κ1) is 21.2. The Balaban J connectivity index is 0.00000261. The molecule has 7 nitrogen and oxygen atoms in total. The number of esters is 1. The molecule has 27 heavy (non-hydrogen) atoms. The number of carbonyl (C=O) groups is 3. The van der Waals surface area contributed by atoms with Gasteiger partial charge >= 0.3 is 5.97 Å². The Labute approximate surface area is 165 Å². The molecule has 8 heteroatoms. The lowest BCUT2D eigenvalue weighted by molar-refractivity contribution is -0.156. The maximum absolute atomic E-state index is 13.0. The normalized spacial score (nSPS) is 21.7. The predicted octanol–water partition coefficient (Wildman–Crippen LogP) is 1.09. The average Bonchev–Trinajstić information content (AvgIpc) is 3.35. The number of nitrogens with zero attached hydrogens (tertiary/aromatic N) is 2. The Kier molecular flexibility index (Phi) is 7.62. The summed E-state index contributed by atoms with van der Waals surface area (Å²) in [4.78, 5) is 40.5. The van der Waals surface area contributed by atoms with Crippen molar-refractivity contribution in [3.05, 3.63) is 35.9 Å². The lowest BCUT2D eigenvalue weighted by Crippen LogP contribution is -2.52. The van der Waals surface area contributed by atoms with Crippen molar-refractivity contribution in [2.45, 2.75) is 44.4 Å². The fourth-order valence-electron chi connectivity index (χ4n) is 3.73. The summed E-state index contributed by atoms with van der Waals surface area (Å²) in [6.07, 6.45) is 2.75. The number of ether oxygens (including phenoxy) is 1. The van der Waals surface area contributed by atoms with E-state index in [0.717, 1.165) is 18.4 Å². The molecule has 0 bridgehead atoms. The predicted molar refractivity (Wildman–Crippen MR) is 102 cm³/mol. The second-order valence-corrected chi connectivity index (χ2v) is 6.73. The van der Waals surface area contributed by atoms with Crippen molar-refractivity contribution in [2.75, 3.05) is 19.6 Å². The first-order valence-corrected chi connectivity index (χ1v) is 9.12. The Morgan fingerprint density at radius 2 is 1.63 bits per heavy atom. The van der Waals surface area contributed by atoms with Crippen LogP contribution in [0.3, 0.4) is 0 Å². The summed E-state index contributed by atoms with van der Waals surface area (Å²) in [5.74, 6) is -0.763. The van der Waals surface area contributed by atoms with Crippen molar-refractivity contribution in [1.29, 1.82) is 0 Å². The van der Waals surface area contributed by atoms with Crippen LogP contribution in [0.2, 0.25) is 0 Å². The molecule has 148 valence electrons. The third kappa shape index (κ3) is 4.78. The van der Waals surface area contributed by atoms with E-state index in [2.05, 4.69) is 0 Å². The maximum Gasteiger partial charge on any atom is 0.329 e. The van der Waals surface area contributed by atoms with Crippen LogP contribution >= 0.6 is 12.4 Å². The van der Waals surface area contributed by atoms with E-state index in [1.807, 2.05) is 30.3 Å². The van der Waals surface area contributed by atoms with Gasteiger partial charge in [0.2, 0.25) is 11.8 Å². The first-order chi connectivity index (χ1) is 12.6. The SMILES string of the molecule is Cl.NCC(=O)N1CCC[C@H]1C(=O)N1CCC[C@H]1C(=O)OCc1ccccc1. The monoisotopic (exact) mass is 395 g/mol. The third-order valence-electron chi connectivity index (χ3n) is 5.06. The van der Waals surface area contributed by atoms with E-state index in [-0.39, 0.29) is 43.3 Å². The number of carbonyl (C=O) groups excluding carboxylic acids is 3. The summed E-state index contributed by atoms with van der Waals surface area (Å²) in [6, 6.07) is 8.38. The number of rotatable bonds is 5. The van der Waals surface area contributed by atoms with Crippen molar-refractivity contribution in [1.82, 2.24) is 9.80 Å². The molecule has 2 fully saturated rings. The third-order valence-corrected chi connectivity index (χ3v) is 5.06. The molecule has 3 rings (SSSR count). The summed E-state index contributed by atoms with van der Waals surface area (Å²) < 4.78 is 5.42. The van der Waals surface area contributed by atoms with Crippen molar-refractivity contribution in [2.24, 2.45) is 5.73 Å². The van der Waals surface area contributed by atoms with Crippen LogP contribution in [0.5, 0.6) is 0 Å². The van der Waals surface area contributed by atoms with Crippen LogP contribution < -0.4 is 5.73 Å². The summed E-state index contributed by atoms with van der Waals surface area (Å²) in [5, 5.41) is 0. The van der Waals surface area contributed by atoms with E-state index < -0.39 is 12.1 Å². The van der Waals surface area contributed by atoms with E-state index in [1.54, 1.807) is 9.80 Å². The quantitative estimate of drug-likeness (QED) is 0.753. The van der Waals surface area contributed by atoms with Gasteiger partial charge < -0.3 is 20.3 Å². The second kappa shape index (κ2) is 9.71. The lowest BCUT2D eigenvalue weighted by Gasteiger charge is -2.30. The van der Waals surface area contributed by atoms with Crippen LogP contribution in [0.4, 0.5) is 0 Å². The molecule has 0 saturated carbocycles. The molecule has 2 atom stereocenters. The molecule has 2 amide bonds. The van der Waals surface area contributed by atoms with Gasteiger partial charge in [0, 0.05) is 13.1 Å². The number of hydrogen-bond donors (Lipinski definition) is 1. The molecule has 0 unspecified atom stereocenters. The zero-order chi connectivity index (χ0) is 18.5. The topological polar surface area (TPSA) is 92.9 Å². The van der Waals surface area contributed by atoms with Gasteiger partial charge in [-0.25, -0.2) is 4.79 Å². The molecule has 1 aromatic carbocycles. The van der Waals surface area contributed by atoms with Crippen LogP contribution in [0.1, 0.15) is 31.2 Å². The Bertz CT molecular complexity index is 670. The van der Waals surface area contributed by atoms with Crippen molar-refractivity contribution >= 4 is 30.2 Å². The van der Waals surface area contributed by atoms with Gasteiger partial charge in [-0.2, -0.15) is 0 Å². The summed E-state index contributed by atoms with van der Waals surface area (Å²) >= 11 is 0. The number of halogens is 1. The molecule has 0 radical (unpaired) electrons. The molecular weight excluding hydrogens is 370 g/mol. The Morgan fingerprint density at radius 3 is 2.30 bits per heavy atom. The van der Waals surface area contributed by atoms with Crippen LogP contribution in [-0.4, -0.2) is 59.3 Å². The highest BCUT2D eigenvalue weighted by Crippen LogP contribution is 2.25. The molecule has 2 N–H and O–H groups in total. The molecule has 2 aliphatic heterocycles. The summed E-state index contributed by atoms with van der Waals surface area (Å²) in [7, 11) is 0. The Morgan fingerprint density at radius 1 is 1.00 bits per heavy atom. The van der Waals surface area contributed by atoms with E-state index in [0.29, 0.717) is 25.9 Å². The van der Waals surface area contributed by atoms with Crippen molar-refractivity contribution < 1.29 is 19.1 Å². The zero-order valence-corrected chi connectivity index (χ0v) is 16.0. The van der Waals surface area contributed by atoms with Gasteiger partial charge in [0.15, 0.2) is 0 Å². The highest BCUT2D eigenvalue weighted by molar-refractivity contribution is 5.92. The number of likely N-dealkylation sites (tertiary alicyclic amines) is 2. The first-order valence-electron chi connectivity index (χ1n) is 9.12.